The van der Waals surface area contributed by atoms with E-state index < -0.39 is 15.8 Å². The lowest BCUT2D eigenvalue weighted by Crippen LogP contribution is -2.06. The van der Waals surface area contributed by atoms with Crippen LogP contribution in [-0.4, -0.2) is 37.8 Å². The number of rotatable bonds is 4. The average molecular weight is 323 g/mol. The summed E-state index contributed by atoms with van der Waals surface area (Å²) in [5.41, 5.74) is 0.0906. The number of aromatic nitrogens is 1. The van der Waals surface area contributed by atoms with Crippen molar-refractivity contribution in [1.82, 2.24) is 4.98 Å². The van der Waals surface area contributed by atoms with Gasteiger partial charge in [-0.25, -0.2) is 18.2 Å². The van der Waals surface area contributed by atoms with Crippen LogP contribution in [0.5, 0.6) is 17.4 Å². The van der Waals surface area contributed by atoms with E-state index in [2.05, 4.69) is 9.72 Å². The van der Waals surface area contributed by atoms with Crippen LogP contribution >= 0.6 is 0 Å². The number of aromatic hydroxyl groups is 1. The van der Waals surface area contributed by atoms with Crippen LogP contribution in [0.25, 0.3) is 0 Å². The quantitative estimate of drug-likeness (QED) is 0.855. The summed E-state index contributed by atoms with van der Waals surface area (Å²) < 4.78 is 33.8. The van der Waals surface area contributed by atoms with E-state index in [-0.39, 0.29) is 27.8 Å². The van der Waals surface area contributed by atoms with Gasteiger partial charge in [0.05, 0.1) is 12.7 Å². The van der Waals surface area contributed by atoms with Crippen molar-refractivity contribution >= 4 is 15.8 Å². The molecule has 1 N–H and O–H groups in total. The molecule has 2 aromatic rings. The van der Waals surface area contributed by atoms with E-state index >= 15 is 0 Å². The Hall–Kier alpha value is -2.61. The van der Waals surface area contributed by atoms with Crippen LogP contribution in [0.15, 0.2) is 41.4 Å². The summed E-state index contributed by atoms with van der Waals surface area (Å²) >= 11 is 0. The Balaban J connectivity index is 2.49. The molecule has 7 nitrogen and oxygen atoms in total. The summed E-state index contributed by atoms with van der Waals surface area (Å²) in [5, 5.41) is 9.30. The molecule has 0 fully saturated rings. The van der Waals surface area contributed by atoms with Crippen LogP contribution in [-0.2, 0) is 14.6 Å². The summed E-state index contributed by atoms with van der Waals surface area (Å²) in [5.74, 6) is -0.674. The summed E-state index contributed by atoms with van der Waals surface area (Å²) in [7, 11) is -2.44. The number of benzene rings is 1. The minimum atomic E-state index is -3.64. The maximum Gasteiger partial charge on any atom is 0.337 e. The molecule has 0 amide bonds. The van der Waals surface area contributed by atoms with E-state index in [0.29, 0.717) is 0 Å². The van der Waals surface area contributed by atoms with Gasteiger partial charge in [-0.05, 0) is 24.3 Å². The molecule has 0 aliphatic heterocycles. The first kappa shape index (κ1) is 15.8. The molecule has 116 valence electrons. The summed E-state index contributed by atoms with van der Waals surface area (Å²) in [6.45, 7) is 0. The fourth-order valence-corrected chi connectivity index (χ4v) is 2.53. The largest absolute Gasteiger partial charge is 0.493 e. The van der Waals surface area contributed by atoms with E-state index in [1.165, 1.54) is 43.6 Å². The number of methoxy groups -OCH3 is 1. The molecule has 1 aromatic heterocycles. The third-order valence-electron chi connectivity index (χ3n) is 2.71. The zero-order valence-corrected chi connectivity index (χ0v) is 12.6. The number of hydrogen-bond acceptors (Lipinski definition) is 7. The molecule has 1 heterocycles. The van der Waals surface area contributed by atoms with Crippen molar-refractivity contribution in [1.29, 1.82) is 0 Å². The first-order valence-electron chi connectivity index (χ1n) is 6.06. The third kappa shape index (κ3) is 3.53. The molecular formula is C14H13NO6S. The first-order chi connectivity index (χ1) is 10.3. The Kier molecular flexibility index (Phi) is 4.32. The van der Waals surface area contributed by atoms with E-state index in [1.54, 1.807) is 0 Å². The Morgan fingerprint density at radius 3 is 2.55 bits per heavy atom. The Bertz CT molecular complexity index is 816. The van der Waals surface area contributed by atoms with Crippen LogP contribution in [0.4, 0.5) is 0 Å². The SMILES string of the molecule is COC(=O)c1ccc(Oc2ccnc(O)c2)c(S(C)(=O)=O)c1. The second kappa shape index (κ2) is 6.02. The molecule has 0 saturated heterocycles. The van der Waals surface area contributed by atoms with E-state index in [0.717, 1.165) is 6.26 Å². The highest BCUT2D eigenvalue weighted by Gasteiger charge is 2.19. The zero-order valence-electron chi connectivity index (χ0n) is 11.8. The van der Waals surface area contributed by atoms with Crippen molar-refractivity contribution in [2.75, 3.05) is 13.4 Å². The highest BCUT2D eigenvalue weighted by atomic mass is 32.2. The van der Waals surface area contributed by atoms with E-state index in [1.807, 2.05) is 0 Å². The molecule has 0 spiro atoms. The molecule has 0 bridgehead atoms. The Labute approximate surface area is 127 Å². The van der Waals surface area contributed by atoms with Crippen LogP contribution in [0.1, 0.15) is 10.4 Å². The molecule has 0 atom stereocenters. The van der Waals surface area contributed by atoms with Crippen molar-refractivity contribution in [3.8, 4) is 17.4 Å². The molecule has 2 rings (SSSR count). The monoisotopic (exact) mass is 323 g/mol. The molecule has 0 radical (unpaired) electrons. The lowest BCUT2D eigenvalue weighted by atomic mass is 10.2. The van der Waals surface area contributed by atoms with Gasteiger partial charge < -0.3 is 14.6 Å². The van der Waals surface area contributed by atoms with E-state index in [9.17, 15) is 18.3 Å². The smallest absolute Gasteiger partial charge is 0.337 e. The van der Waals surface area contributed by atoms with Crippen molar-refractivity contribution in [2.24, 2.45) is 0 Å². The van der Waals surface area contributed by atoms with Gasteiger partial charge in [0.15, 0.2) is 9.84 Å². The van der Waals surface area contributed by atoms with Crippen molar-refractivity contribution in [3.63, 3.8) is 0 Å². The Morgan fingerprint density at radius 2 is 1.95 bits per heavy atom. The van der Waals surface area contributed by atoms with Gasteiger partial charge in [0.1, 0.15) is 16.4 Å². The zero-order chi connectivity index (χ0) is 16.3. The van der Waals surface area contributed by atoms with Crippen molar-refractivity contribution in [3.05, 3.63) is 42.1 Å². The highest BCUT2D eigenvalue weighted by molar-refractivity contribution is 7.90. The number of pyridine rings is 1. The van der Waals surface area contributed by atoms with Gasteiger partial charge in [-0.3, -0.25) is 0 Å². The van der Waals surface area contributed by atoms with E-state index in [4.69, 9.17) is 4.74 Å². The van der Waals surface area contributed by atoms with Gasteiger partial charge >= 0.3 is 5.97 Å². The number of esters is 1. The molecule has 0 saturated carbocycles. The Morgan fingerprint density at radius 1 is 1.23 bits per heavy atom. The van der Waals surface area contributed by atoms with Gasteiger partial charge in [0.2, 0.25) is 5.88 Å². The van der Waals surface area contributed by atoms with Gasteiger partial charge in [0.25, 0.3) is 0 Å². The second-order valence-corrected chi connectivity index (χ2v) is 6.36. The maximum absolute atomic E-state index is 11.9. The van der Waals surface area contributed by atoms with Crippen LogP contribution < -0.4 is 4.74 Å². The minimum absolute atomic E-state index is 0.0285. The van der Waals surface area contributed by atoms with Crippen LogP contribution in [0.3, 0.4) is 0 Å². The summed E-state index contributed by atoms with van der Waals surface area (Å²) in [6.07, 6.45) is 2.31. The third-order valence-corrected chi connectivity index (χ3v) is 3.83. The predicted octanol–water partition coefficient (Wildman–Crippen LogP) is 1.77. The fourth-order valence-electron chi connectivity index (χ4n) is 1.72. The maximum atomic E-state index is 11.9. The lowest BCUT2D eigenvalue weighted by Gasteiger charge is -2.11. The number of sulfone groups is 1. The van der Waals surface area contributed by atoms with Crippen LogP contribution in [0, 0.1) is 0 Å². The molecule has 0 aliphatic rings. The van der Waals surface area contributed by atoms with Crippen LogP contribution in [0.2, 0.25) is 0 Å². The lowest BCUT2D eigenvalue weighted by molar-refractivity contribution is 0.0600. The molecular weight excluding hydrogens is 310 g/mol. The number of nitrogens with zero attached hydrogens (tertiary/aromatic N) is 1. The standard InChI is InChI=1S/C14H13NO6S/c1-20-14(17)9-3-4-11(12(7-9)22(2,18)19)21-10-5-6-15-13(16)8-10/h3-8H,1-2H3,(H,15,16). The van der Waals surface area contributed by atoms with Gasteiger partial charge in [-0.1, -0.05) is 0 Å². The highest BCUT2D eigenvalue weighted by Crippen LogP contribution is 2.30. The van der Waals surface area contributed by atoms with Crippen molar-refractivity contribution in [2.45, 2.75) is 4.90 Å². The van der Waals surface area contributed by atoms with Crippen molar-refractivity contribution < 1.29 is 27.8 Å². The number of hydrogen-bond donors (Lipinski definition) is 1. The normalized spacial score (nSPS) is 11.0. The molecule has 8 heteroatoms. The van der Waals surface area contributed by atoms with Gasteiger partial charge in [0, 0.05) is 18.5 Å². The molecule has 0 aliphatic carbocycles. The predicted molar refractivity (Wildman–Crippen MR) is 76.9 cm³/mol. The summed E-state index contributed by atoms with van der Waals surface area (Å²) in [6, 6.07) is 6.61. The second-order valence-electron chi connectivity index (χ2n) is 4.38. The van der Waals surface area contributed by atoms with Gasteiger partial charge in [-0.2, -0.15) is 0 Å². The van der Waals surface area contributed by atoms with Gasteiger partial charge in [-0.15, -0.1) is 0 Å². The average Bonchev–Trinajstić information content (AvgIpc) is 2.45. The minimum Gasteiger partial charge on any atom is -0.493 e. The molecule has 1 aromatic carbocycles. The summed E-state index contributed by atoms with van der Waals surface area (Å²) in [4.78, 5) is 14.9. The molecule has 22 heavy (non-hydrogen) atoms. The number of carbonyl (C=O) groups is 1. The fraction of sp³-hybridized carbons (Fsp3) is 0.143. The first-order valence-corrected chi connectivity index (χ1v) is 7.95. The number of ether oxygens (including phenoxy) is 2. The number of carbonyl (C=O) groups excluding carboxylic acids is 1. The topological polar surface area (TPSA) is 103 Å². The molecule has 0 unspecified atom stereocenters.